The molecule has 0 radical (unpaired) electrons. The van der Waals surface area contributed by atoms with E-state index in [2.05, 4.69) is 16.6 Å². The number of anilines is 1. The fourth-order valence-electron chi connectivity index (χ4n) is 1.38. The van der Waals surface area contributed by atoms with Gasteiger partial charge in [-0.25, -0.2) is 0 Å². The van der Waals surface area contributed by atoms with Crippen LogP contribution in [0.5, 0.6) is 0 Å². The van der Waals surface area contributed by atoms with Gasteiger partial charge in [-0.15, -0.1) is 11.8 Å². The number of nitrogens with zero attached hydrogens (tertiary/aromatic N) is 2. The number of hydrogen-bond donors (Lipinski definition) is 1. The van der Waals surface area contributed by atoms with Crippen molar-refractivity contribution in [2.24, 2.45) is 7.05 Å². The first-order valence-corrected chi connectivity index (χ1v) is 4.81. The molecule has 2 heterocycles. The molecule has 0 aromatic carbocycles. The summed E-state index contributed by atoms with van der Waals surface area (Å²) in [6.45, 7) is 0. The predicted molar refractivity (Wildman–Crippen MR) is 51.7 cm³/mol. The van der Waals surface area contributed by atoms with E-state index < -0.39 is 0 Å². The predicted octanol–water partition coefficient (Wildman–Crippen LogP) is 1.69. The largest absolute Gasteiger partial charge is 0.382 e. The summed E-state index contributed by atoms with van der Waals surface area (Å²) in [5.41, 5.74) is 6.80. The Labute approximate surface area is 75.6 Å². The zero-order valence-corrected chi connectivity index (χ0v) is 7.71. The van der Waals surface area contributed by atoms with Crippen LogP contribution in [0.4, 0.5) is 5.82 Å². The topological polar surface area (TPSA) is 43.8 Å². The Balaban J connectivity index is 2.27. The number of thioether (sulfide) groups is 1. The number of nitrogen functional groups attached to an aromatic ring is 1. The second-order valence-electron chi connectivity index (χ2n) is 2.85. The Morgan fingerprint density at radius 3 is 3.08 bits per heavy atom. The molecule has 0 spiro atoms. The summed E-state index contributed by atoms with van der Waals surface area (Å²) in [6, 6.07) is 1.95. The van der Waals surface area contributed by atoms with E-state index in [1.54, 1.807) is 0 Å². The van der Waals surface area contributed by atoms with Crippen LogP contribution in [0.15, 0.2) is 17.6 Å². The van der Waals surface area contributed by atoms with Gasteiger partial charge in [-0.3, -0.25) is 4.68 Å². The minimum absolute atomic E-state index is 0.514. The normalized spacial score (nSPS) is 21.9. The summed E-state index contributed by atoms with van der Waals surface area (Å²) in [6.07, 6.45) is 3.27. The first-order chi connectivity index (χ1) is 5.77. The number of aromatic nitrogens is 2. The Morgan fingerprint density at radius 1 is 1.75 bits per heavy atom. The molecule has 0 aliphatic carbocycles. The van der Waals surface area contributed by atoms with Gasteiger partial charge in [0, 0.05) is 13.1 Å². The van der Waals surface area contributed by atoms with E-state index in [9.17, 15) is 0 Å². The highest BCUT2D eigenvalue weighted by atomic mass is 32.2. The molecular formula is C8H11N3S. The average molecular weight is 181 g/mol. The molecule has 0 saturated carbocycles. The van der Waals surface area contributed by atoms with Crippen LogP contribution in [0.1, 0.15) is 17.4 Å². The molecule has 64 valence electrons. The highest BCUT2D eigenvalue weighted by Gasteiger charge is 2.17. The summed E-state index contributed by atoms with van der Waals surface area (Å²) >= 11 is 1.83. The zero-order valence-electron chi connectivity index (χ0n) is 6.90. The quantitative estimate of drug-likeness (QED) is 0.717. The number of rotatable bonds is 1. The summed E-state index contributed by atoms with van der Waals surface area (Å²) in [7, 11) is 1.94. The second-order valence-corrected chi connectivity index (χ2v) is 3.96. The van der Waals surface area contributed by atoms with Crippen molar-refractivity contribution in [1.29, 1.82) is 0 Å². The van der Waals surface area contributed by atoms with Gasteiger partial charge in [0.1, 0.15) is 5.82 Å². The van der Waals surface area contributed by atoms with E-state index in [4.69, 9.17) is 5.73 Å². The van der Waals surface area contributed by atoms with Crippen LogP contribution in [0.25, 0.3) is 0 Å². The van der Waals surface area contributed by atoms with Gasteiger partial charge >= 0.3 is 0 Å². The van der Waals surface area contributed by atoms with E-state index >= 15 is 0 Å². The molecule has 3 nitrogen and oxygen atoms in total. The van der Waals surface area contributed by atoms with Crippen molar-refractivity contribution in [3.8, 4) is 0 Å². The van der Waals surface area contributed by atoms with Gasteiger partial charge in [-0.05, 0) is 11.8 Å². The maximum absolute atomic E-state index is 5.59. The van der Waals surface area contributed by atoms with Crippen molar-refractivity contribution in [2.45, 2.75) is 11.7 Å². The molecular weight excluding hydrogens is 170 g/mol. The van der Waals surface area contributed by atoms with Gasteiger partial charge in [-0.2, -0.15) is 5.10 Å². The fraction of sp³-hybridized carbons (Fsp3) is 0.375. The first kappa shape index (κ1) is 7.73. The molecule has 1 unspecified atom stereocenters. The minimum atomic E-state index is 0.514. The van der Waals surface area contributed by atoms with Gasteiger partial charge in [0.2, 0.25) is 0 Å². The molecule has 1 aromatic rings. The lowest BCUT2D eigenvalue weighted by molar-refractivity contribution is 0.706. The van der Waals surface area contributed by atoms with Crippen LogP contribution in [-0.4, -0.2) is 9.78 Å². The molecule has 12 heavy (non-hydrogen) atoms. The van der Waals surface area contributed by atoms with Crippen molar-refractivity contribution in [3.63, 3.8) is 0 Å². The van der Waals surface area contributed by atoms with Crippen LogP contribution >= 0.6 is 11.8 Å². The number of nitrogens with two attached hydrogens (primary N) is 1. The summed E-state index contributed by atoms with van der Waals surface area (Å²) in [4.78, 5) is 0. The van der Waals surface area contributed by atoms with Crippen LogP contribution in [0.2, 0.25) is 0 Å². The van der Waals surface area contributed by atoms with E-state index in [0.29, 0.717) is 11.1 Å². The summed E-state index contributed by atoms with van der Waals surface area (Å²) in [5.74, 6) is 0.611. The van der Waals surface area contributed by atoms with Crippen LogP contribution in [0, 0.1) is 0 Å². The molecule has 2 rings (SSSR count). The maximum atomic E-state index is 5.59. The third kappa shape index (κ3) is 1.22. The van der Waals surface area contributed by atoms with Gasteiger partial charge < -0.3 is 5.73 Å². The lowest BCUT2D eigenvalue weighted by Crippen LogP contribution is -2.00. The monoisotopic (exact) mass is 181 g/mol. The lowest BCUT2D eigenvalue weighted by atomic mass is 10.2. The Kier molecular flexibility index (Phi) is 1.84. The molecule has 1 aliphatic heterocycles. The zero-order chi connectivity index (χ0) is 8.55. The molecule has 1 atom stereocenters. The minimum Gasteiger partial charge on any atom is -0.382 e. The van der Waals surface area contributed by atoms with Crippen molar-refractivity contribution in [2.75, 3.05) is 5.73 Å². The second kappa shape index (κ2) is 2.86. The smallest absolute Gasteiger partial charge is 0.145 e. The molecule has 0 fully saturated rings. The fourth-order valence-corrected chi connectivity index (χ4v) is 2.38. The average Bonchev–Trinajstić information content (AvgIpc) is 2.58. The Hall–Kier alpha value is -0.900. The number of aryl methyl sites for hydroxylation is 1. The van der Waals surface area contributed by atoms with E-state index in [0.717, 1.165) is 6.42 Å². The van der Waals surface area contributed by atoms with Gasteiger partial charge in [0.05, 0.1) is 10.9 Å². The molecule has 4 heteroatoms. The molecule has 0 amide bonds. The van der Waals surface area contributed by atoms with Crippen molar-refractivity contribution in [1.82, 2.24) is 9.78 Å². The highest BCUT2D eigenvalue weighted by Crippen LogP contribution is 2.38. The number of allylic oxidation sites excluding steroid dienone is 1. The van der Waals surface area contributed by atoms with Gasteiger partial charge in [0.25, 0.3) is 0 Å². The summed E-state index contributed by atoms with van der Waals surface area (Å²) in [5, 5.41) is 6.76. The van der Waals surface area contributed by atoms with Crippen LogP contribution in [0.3, 0.4) is 0 Å². The van der Waals surface area contributed by atoms with E-state index in [-0.39, 0.29) is 0 Å². The van der Waals surface area contributed by atoms with E-state index in [1.165, 1.54) is 5.69 Å². The Morgan fingerprint density at radius 2 is 2.58 bits per heavy atom. The van der Waals surface area contributed by atoms with Crippen molar-refractivity contribution >= 4 is 17.6 Å². The molecule has 1 aromatic heterocycles. The van der Waals surface area contributed by atoms with E-state index in [1.807, 2.05) is 29.6 Å². The third-order valence-corrected chi connectivity index (χ3v) is 3.07. The summed E-state index contributed by atoms with van der Waals surface area (Å²) < 4.78 is 1.86. The SMILES string of the molecule is Cn1nc(N)cc1C1CC=CS1. The van der Waals surface area contributed by atoms with Crippen LogP contribution in [-0.2, 0) is 7.05 Å². The standard InChI is InChI=1S/C8H11N3S/c1-11-6(5-8(9)10-11)7-3-2-4-12-7/h2,4-5,7H,3H2,1H3,(H2,9,10). The maximum Gasteiger partial charge on any atom is 0.145 e. The molecule has 0 bridgehead atoms. The third-order valence-electron chi connectivity index (χ3n) is 1.95. The van der Waals surface area contributed by atoms with Gasteiger partial charge in [0.15, 0.2) is 0 Å². The molecule has 0 saturated heterocycles. The highest BCUT2D eigenvalue weighted by molar-refractivity contribution is 8.02. The lowest BCUT2D eigenvalue weighted by Gasteiger charge is -2.07. The van der Waals surface area contributed by atoms with Gasteiger partial charge in [-0.1, -0.05) is 6.08 Å². The van der Waals surface area contributed by atoms with Crippen LogP contribution < -0.4 is 5.73 Å². The molecule has 2 N–H and O–H groups in total. The Bertz CT molecular complexity index is 308. The molecule has 1 aliphatic rings. The van der Waals surface area contributed by atoms with Crippen molar-refractivity contribution < 1.29 is 0 Å². The number of hydrogen-bond acceptors (Lipinski definition) is 3. The van der Waals surface area contributed by atoms with Crippen molar-refractivity contribution in [3.05, 3.63) is 23.2 Å². The first-order valence-electron chi connectivity index (χ1n) is 3.87.